The number of hydrogen-bond acceptors (Lipinski definition) is 7. The van der Waals surface area contributed by atoms with Crippen molar-refractivity contribution in [1.82, 2.24) is 4.90 Å². The minimum Gasteiger partial charge on any atom is -0.505 e. The first kappa shape index (κ1) is 26.7. The van der Waals surface area contributed by atoms with E-state index in [1.54, 1.807) is 26.6 Å². The molecule has 0 aliphatic heterocycles. The summed E-state index contributed by atoms with van der Waals surface area (Å²) >= 11 is 0. The number of carbonyl (C=O) groups excluding carboxylic acids is 2. The molecule has 0 aliphatic rings. The van der Waals surface area contributed by atoms with Crippen molar-refractivity contribution >= 4 is 28.8 Å². The van der Waals surface area contributed by atoms with Crippen LogP contribution in [0.5, 0.6) is 5.75 Å². The molecule has 0 aliphatic carbocycles. The zero-order chi connectivity index (χ0) is 26.6. The molecule has 2 atom stereocenters. The smallest absolute Gasteiger partial charge is 0.257 e. The van der Waals surface area contributed by atoms with Gasteiger partial charge in [-0.1, -0.05) is 57.2 Å². The van der Waals surface area contributed by atoms with Crippen LogP contribution in [-0.2, 0) is 4.79 Å². The summed E-state index contributed by atoms with van der Waals surface area (Å²) in [5.74, 6) is -1.19. The lowest BCUT2D eigenvalue weighted by molar-refractivity contribution is -0.117. The van der Waals surface area contributed by atoms with E-state index in [0.29, 0.717) is 0 Å². The number of phenolic OH excluding ortho intramolecular Hbond substituents is 1. The Morgan fingerprint density at radius 2 is 1.61 bits per heavy atom. The number of phenols is 1. The fraction of sp³-hybridized carbons (Fsp3) is 0.321. The maximum atomic E-state index is 13.3. The molecule has 0 aromatic heterocycles. The number of benzene rings is 2. The molecule has 8 nitrogen and oxygen atoms in total. The van der Waals surface area contributed by atoms with E-state index in [4.69, 9.17) is 0 Å². The van der Waals surface area contributed by atoms with Gasteiger partial charge >= 0.3 is 0 Å². The highest BCUT2D eigenvalue weighted by molar-refractivity contribution is 5.99. The van der Waals surface area contributed by atoms with Gasteiger partial charge in [-0.3, -0.25) is 19.2 Å². The number of ketones is 1. The SMILES string of the molecule is CC[C@@H]([CH]C(=O)[C@H](Nc1c(Nc2cccc(C(=O)N(C)C)c2O)c(=O)c1=O)C(C)C)c1ccccc1. The van der Waals surface area contributed by atoms with Crippen molar-refractivity contribution in [1.29, 1.82) is 0 Å². The largest absolute Gasteiger partial charge is 0.505 e. The highest BCUT2D eigenvalue weighted by atomic mass is 16.3. The predicted molar refractivity (Wildman–Crippen MR) is 142 cm³/mol. The zero-order valence-corrected chi connectivity index (χ0v) is 21.2. The van der Waals surface area contributed by atoms with Crippen LogP contribution in [0, 0.1) is 12.3 Å². The molecule has 0 spiro atoms. The quantitative estimate of drug-likeness (QED) is 0.276. The summed E-state index contributed by atoms with van der Waals surface area (Å²) in [7, 11) is 3.11. The van der Waals surface area contributed by atoms with Crippen LogP contribution in [0.15, 0.2) is 58.1 Å². The summed E-state index contributed by atoms with van der Waals surface area (Å²) in [6, 6.07) is 13.5. The number of amides is 1. The van der Waals surface area contributed by atoms with E-state index in [-0.39, 0.29) is 46.0 Å². The van der Waals surface area contributed by atoms with Crippen LogP contribution in [0.3, 0.4) is 0 Å². The molecule has 36 heavy (non-hydrogen) atoms. The number of nitrogens with zero attached hydrogens (tertiary/aromatic N) is 1. The number of anilines is 3. The van der Waals surface area contributed by atoms with Gasteiger partial charge in [-0.25, -0.2) is 0 Å². The number of rotatable bonds is 11. The van der Waals surface area contributed by atoms with E-state index in [1.165, 1.54) is 17.0 Å². The molecule has 8 heteroatoms. The van der Waals surface area contributed by atoms with Gasteiger partial charge in [-0.2, -0.15) is 0 Å². The molecule has 3 rings (SSSR count). The van der Waals surface area contributed by atoms with Crippen molar-refractivity contribution in [2.75, 3.05) is 24.7 Å². The summed E-state index contributed by atoms with van der Waals surface area (Å²) in [6.07, 6.45) is 2.39. The molecule has 0 fully saturated rings. The Morgan fingerprint density at radius 3 is 2.19 bits per heavy atom. The van der Waals surface area contributed by atoms with E-state index < -0.39 is 22.8 Å². The molecular weight excluding hydrogens is 458 g/mol. The van der Waals surface area contributed by atoms with Crippen LogP contribution in [0.2, 0.25) is 0 Å². The number of carbonyl (C=O) groups is 2. The average molecular weight is 491 g/mol. The molecule has 189 valence electrons. The lowest BCUT2D eigenvalue weighted by Crippen LogP contribution is -2.43. The Morgan fingerprint density at radius 1 is 0.972 bits per heavy atom. The van der Waals surface area contributed by atoms with Crippen molar-refractivity contribution in [2.24, 2.45) is 5.92 Å². The zero-order valence-electron chi connectivity index (χ0n) is 21.2. The lowest BCUT2D eigenvalue weighted by atomic mass is 9.87. The van der Waals surface area contributed by atoms with Gasteiger partial charge in [0.25, 0.3) is 16.8 Å². The standard InChI is InChI=1S/C28H32N3O5/c1-6-17(18-11-8-7-9-12-18)15-21(32)22(16(2)3)30-24-23(26(34)27(24)35)29-20-14-10-13-19(25(20)33)28(36)31(4)5/h7-17,22,29-30,33H,6H2,1-5H3/t17-,22+/m0/s1. The Kier molecular flexibility index (Phi) is 8.29. The summed E-state index contributed by atoms with van der Waals surface area (Å²) in [5.41, 5.74) is -0.409. The van der Waals surface area contributed by atoms with Crippen LogP contribution >= 0.6 is 0 Å². The van der Waals surface area contributed by atoms with Crippen molar-refractivity contribution in [3.8, 4) is 5.75 Å². The van der Waals surface area contributed by atoms with Crippen molar-refractivity contribution in [3.63, 3.8) is 0 Å². The second-order valence-corrected chi connectivity index (χ2v) is 9.30. The van der Waals surface area contributed by atoms with Crippen LogP contribution in [-0.4, -0.2) is 41.8 Å². The fourth-order valence-corrected chi connectivity index (χ4v) is 4.01. The summed E-state index contributed by atoms with van der Waals surface area (Å²) in [5, 5.41) is 16.3. The van der Waals surface area contributed by atoms with Crippen molar-refractivity contribution < 1.29 is 14.7 Å². The number of para-hydroxylation sites is 1. The molecular formula is C28H32N3O5. The minimum absolute atomic E-state index is 0.0167. The predicted octanol–water partition coefficient (Wildman–Crippen LogP) is 3.84. The van der Waals surface area contributed by atoms with Gasteiger partial charge in [0.15, 0.2) is 11.5 Å². The first-order valence-corrected chi connectivity index (χ1v) is 11.9. The third-order valence-electron chi connectivity index (χ3n) is 6.15. The monoisotopic (exact) mass is 490 g/mol. The van der Waals surface area contributed by atoms with Crippen molar-refractivity contribution in [2.45, 2.75) is 39.2 Å². The Balaban J connectivity index is 1.84. The Labute approximate surface area is 210 Å². The molecule has 0 saturated carbocycles. The van der Waals surface area contributed by atoms with E-state index in [0.717, 1.165) is 12.0 Å². The third kappa shape index (κ3) is 5.48. The van der Waals surface area contributed by atoms with Crippen LogP contribution in [0.25, 0.3) is 0 Å². The summed E-state index contributed by atoms with van der Waals surface area (Å²) in [4.78, 5) is 51.7. The van der Waals surface area contributed by atoms with Gasteiger partial charge in [-0.05, 0) is 36.0 Å². The maximum Gasteiger partial charge on any atom is 0.257 e. The maximum absolute atomic E-state index is 13.3. The molecule has 0 unspecified atom stereocenters. The number of hydrogen-bond donors (Lipinski definition) is 3. The first-order valence-electron chi connectivity index (χ1n) is 11.9. The number of Topliss-reactive ketones (excluding diaryl/α,β-unsaturated/α-hetero) is 1. The molecule has 3 aromatic carbocycles. The highest BCUT2D eigenvalue weighted by Gasteiger charge is 2.30. The van der Waals surface area contributed by atoms with Gasteiger partial charge in [0.05, 0.1) is 17.3 Å². The van der Waals surface area contributed by atoms with Gasteiger partial charge < -0.3 is 20.6 Å². The van der Waals surface area contributed by atoms with Crippen molar-refractivity contribution in [3.05, 3.63) is 86.5 Å². The van der Waals surface area contributed by atoms with Crippen LogP contribution in [0.1, 0.15) is 49.0 Å². The van der Waals surface area contributed by atoms with E-state index >= 15 is 0 Å². The molecule has 1 amide bonds. The first-order chi connectivity index (χ1) is 17.1. The van der Waals surface area contributed by atoms with Gasteiger partial charge in [0.1, 0.15) is 11.4 Å². The second-order valence-electron chi connectivity index (χ2n) is 9.30. The van der Waals surface area contributed by atoms with Gasteiger partial charge in [-0.15, -0.1) is 0 Å². The molecule has 0 saturated heterocycles. The molecule has 0 bridgehead atoms. The minimum atomic E-state index is -0.768. The van der Waals surface area contributed by atoms with Crippen LogP contribution in [0.4, 0.5) is 17.1 Å². The Bertz CT molecular complexity index is 1310. The van der Waals surface area contributed by atoms with Gasteiger partial charge in [0, 0.05) is 20.5 Å². The molecule has 1 radical (unpaired) electrons. The second kappa shape index (κ2) is 11.2. The average Bonchev–Trinajstić information content (AvgIpc) is 2.87. The third-order valence-corrected chi connectivity index (χ3v) is 6.15. The molecule has 3 N–H and O–H groups in total. The topological polar surface area (TPSA) is 116 Å². The van der Waals surface area contributed by atoms with E-state index in [2.05, 4.69) is 10.6 Å². The normalized spacial score (nSPS) is 12.8. The highest BCUT2D eigenvalue weighted by Crippen LogP contribution is 2.33. The number of nitrogens with one attached hydrogen (secondary N) is 2. The summed E-state index contributed by atoms with van der Waals surface area (Å²) in [6.45, 7) is 5.71. The molecule has 0 heterocycles. The van der Waals surface area contributed by atoms with E-state index in [9.17, 15) is 24.3 Å². The summed E-state index contributed by atoms with van der Waals surface area (Å²) < 4.78 is 0. The fourth-order valence-electron chi connectivity index (χ4n) is 4.01. The van der Waals surface area contributed by atoms with Gasteiger partial charge in [0.2, 0.25) is 0 Å². The molecule has 3 aromatic rings. The lowest BCUT2D eigenvalue weighted by Gasteiger charge is -2.26. The van der Waals surface area contributed by atoms with E-state index in [1.807, 2.05) is 51.1 Å². The number of aromatic hydroxyl groups is 1. The van der Waals surface area contributed by atoms with Crippen LogP contribution < -0.4 is 21.5 Å². The Hall–Kier alpha value is -3.94.